The fourth-order valence-corrected chi connectivity index (χ4v) is 4.65. The molecule has 3 aromatic rings. The number of nitrogens with zero attached hydrogens (tertiary/aromatic N) is 2. The first-order valence-electron chi connectivity index (χ1n) is 9.61. The third-order valence-corrected chi connectivity index (χ3v) is 5.92. The number of ether oxygens (including phenoxy) is 1. The normalized spacial score (nSPS) is 14.5. The van der Waals surface area contributed by atoms with E-state index < -0.39 is 16.7 Å². The van der Waals surface area contributed by atoms with Gasteiger partial charge < -0.3 is 4.74 Å². The number of rotatable bonds is 6. The highest BCUT2D eigenvalue weighted by Gasteiger charge is 2.34. The molecule has 2 amide bonds. The molecule has 3 aromatic carbocycles. The molecule has 0 unspecified atom stereocenters. The number of hydrogen-bond acceptors (Lipinski definition) is 5. The fraction of sp³-hybridized carbons (Fsp3) is 0.0435. The molecule has 1 N–H and O–H groups in total. The number of carbonyl (C=O) groups is 2. The van der Waals surface area contributed by atoms with Gasteiger partial charge in [-0.1, -0.05) is 30.3 Å². The number of carbonyl (C=O) groups excluding carboxylic acids is 2. The Hall–Kier alpha value is -3.50. The van der Waals surface area contributed by atoms with E-state index in [1.807, 2.05) is 6.07 Å². The first-order valence-corrected chi connectivity index (χ1v) is 11.2. The summed E-state index contributed by atoms with van der Waals surface area (Å²) in [6.45, 7) is 0.117. The van der Waals surface area contributed by atoms with Crippen molar-refractivity contribution in [1.29, 1.82) is 0 Å². The summed E-state index contributed by atoms with van der Waals surface area (Å²) in [5, 5.41) is 12.2. The molecule has 0 saturated carbocycles. The maximum atomic E-state index is 12.8. The standard InChI is InChI=1S/C23H15Br2N3O5/c24-19-11-15(10-18-22(29)26-27(23(18)30)16-6-2-1-3-7-16)12-20(25)21(19)33-13-14-5-4-8-17(9-14)28(31)32/h1-12H,13H2,(H,26,29)/b18-10-. The van der Waals surface area contributed by atoms with Gasteiger partial charge in [-0.3, -0.25) is 25.1 Å². The Morgan fingerprint density at radius 3 is 2.36 bits per heavy atom. The zero-order valence-electron chi connectivity index (χ0n) is 16.8. The first kappa shape index (κ1) is 22.7. The molecule has 8 nitrogen and oxygen atoms in total. The van der Waals surface area contributed by atoms with Crippen LogP contribution in [0.5, 0.6) is 5.75 Å². The summed E-state index contributed by atoms with van der Waals surface area (Å²) in [6, 6.07) is 18.4. The van der Waals surface area contributed by atoms with Crippen LogP contribution in [-0.2, 0) is 16.2 Å². The molecule has 1 saturated heterocycles. The number of halogens is 2. The van der Waals surface area contributed by atoms with Crippen LogP contribution in [0.1, 0.15) is 11.1 Å². The predicted octanol–water partition coefficient (Wildman–Crippen LogP) is 5.16. The molecule has 33 heavy (non-hydrogen) atoms. The number of hydrogen-bond donors (Lipinski definition) is 1. The van der Waals surface area contributed by atoms with Gasteiger partial charge in [0.2, 0.25) is 0 Å². The minimum Gasteiger partial charge on any atom is -0.487 e. The highest BCUT2D eigenvalue weighted by Crippen LogP contribution is 2.36. The van der Waals surface area contributed by atoms with Crippen molar-refractivity contribution in [1.82, 2.24) is 5.43 Å². The second-order valence-electron chi connectivity index (χ2n) is 7.00. The second-order valence-corrected chi connectivity index (χ2v) is 8.71. The number of amides is 2. The number of nitro benzene ring substituents is 1. The highest BCUT2D eigenvalue weighted by atomic mass is 79.9. The van der Waals surface area contributed by atoms with Gasteiger partial charge in [-0.25, -0.2) is 5.01 Å². The number of hydrazine groups is 1. The van der Waals surface area contributed by atoms with Gasteiger partial charge in [0.15, 0.2) is 0 Å². The van der Waals surface area contributed by atoms with Crippen molar-refractivity contribution in [2.75, 3.05) is 5.01 Å². The number of nitro groups is 1. The van der Waals surface area contributed by atoms with E-state index in [-0.39, 0.29) is 17.9 Å². The molecule has 10 heteroatoms. The Bertz CT molecular complexity index is 1270. The largest absolute Gasteiger partial charge is 0.487 e. The van der Waals surface area contributed by atoms with E-state index in [0.717, 1.165) is 0 Å². The van der Waals surface area contributed by atoms with Gasteiger partial charge in [-0.15, -0.1) is 0 Å². The van der Waals surface area contributed by atoms with E-state index >= 15 is 0 Å². The Morgan fingerprint density at radius 1 is 1.00 bits per heavy atom. The zero-order chi connectivity index (χ0) is 23.5. The van der Waals surface area contributed by atoms with Gasteiger partial charge in [-0.05, 0) is 73.3 Å². The molecule has 1 aliphatic rings. The Morgan fingerprint density at radius 2 is 1.70 bits per heavy atom. The van der Waals surface area contributed by atoms with Crippen LogP contribution in [0.4, 0.5) is 11.4 Å². The van der Waals surface area contributed by atoms with Crippen LogP contribution >= 0.6 is 31.9 Å². The van der Waals surface area contributed by atoms with Crippen molar-refractivity contribution in [3.05, 3.63) is 102 Å². The number of anilines is 1. The summed E-state index contributed by atoms with van der Waals surface area (Å²) < 4.78 is 7.01. The molecule has 0 aromatic heterocycles. The molecular weight excluding hydrogens is 558 g/mol. The van der Waals surface area contributed by atoms with E-state index in [2.05, 4.69) is 37.3 Å². The molecule has 1 heterocycles. The lowest BCUT2D eigenvalue weighted by Crippen LogP contribution is -2.35. The summed E-state index contributed by atoms with van der Waals surface area (Å²) in [6.07, 6.45) is 1.50. The molecule has 4 rings (SSSR count). The van der Waals surface area contributed by atoms with Crippen molar-refractivity contribution in [2.45, 2.75) is 6.61 Å². The van der Waals surface area contributed by atoms with E-state index in [1.54, 1.807) is 48.5 Å². The lowest BCUT2D eigenvalue weighted by Gasteiger charge is -2.14. The summed E-state index contributed by atoms with van der Waals surface area (Å²) in [5.74, 6) is -0.469. The minimum atomic E-state index is -0.498. The predicted molar refractivity (Wildman–Crippen MR) is 129 cm³/mol. The SMILES string of the molecule is O=C1NN(c2ccccc2)C(=O)/C1=C\c1cc(Br)c(OCc2cccc([N+](=O)[O-])c2)c(Br)c1. The monoisotopic (exact) mass is 571 g/mol. The second kappa shape index (κ2) is 9.55. The zero-order valence-corrected chi connectivity index (χ0v) is 20.0. The Balaban J connectivity index is 1.54. The molecule has 0 aliphatic carbocycles. The molecule has 1 aliphatic heterocycles. The van der Waals surface area contributed by atoms with Gasteiger partial charge in [-0.2, -0.15) is 0 Å². The van der Waals surface area contributed by atoms with Gasteiger partial charge in [0.25, 0.3) is 17.5 Å². The molecular formula is C23H15Br2N3O5. The summed E-state index contributed by atoms with van der Waals surface area (Å²) >= 11 is 6.90. The van der Waals surface area contributed by atoms with Gasteiger partial charge in [0.1, 0.15) is 17.9 Å². The van der Waals surface area contributed by atoms with Crippen LogP contribution in [0.3, 0.4) is 0 Å². The number of nitrogens with one attached hydrogen (secondary N) is 1. The average Bonchev–Trinajstić information content (AvgIpc) is 3.07. The average molecular weight is 573 g/mol. The summed E-state index contributed by atoms with van der Waals surface area (Å²) in [4.78, 5) is 35.7. The Kier molecular flexibility index (Phi) is 6.57. The molecule has 0 atom stereocenters. The highest BCUT2D eigenvalue weighted by molar-refractivity contribution is 9.11. The quantitative estimate of drug-likeness (QED) is 0.190. The molecule has 0 bridgehead atoms. The van der Waals surface area contributed by atoms with Crippen molar-refractivity contribution in [2.24, 2.45) is 0 Å². The minimum absolute atomic E-state index is 0.00270. The first-order chi connectivity index (χ1) is 15.8. The molecule has 166 valence electrons. The topological polar surface area (TPSA) is 102 Å². The van der Waals surface area contributed by atoms with E-state index in [0.29, 0.717) is 31.5 Å². The molecule has 1 fully saturated rings. The molecule has 0 spiro atoms. The fourth-order valence-electron chi connectivity index (χ4n) is 3.20. The van der Waals surface area contributed by atoms with Crippen LogP contribution < -0.4 is 15.2 Å². The number of para-hydroxylation sites is 1. The van der Waals surface area contributed by atoms with Gasteiger partial charge in [0, 0.05) is 12.1 Å². The Labute approximate surface area is 205 Å². The number of benzene rings is 3. The lowest BCUT2D eigenvalue weighted by molar-refractivity contribution is -0.384. The van der Waals surface area contributed by atoms with Crippen molar-refractivity contribution < 1.29 is 19.2 Å². The molecule has 0 radical (unpaired) electrons. The van der Waals surface area contributed by atoms with Gasteiger partial charge >= 0.3 is 0 Å². The van der Waals surface area contributed by atoms with Crippen LogP contribution in [0, 0.1) is 10.1 Å². The van der Waals surface area contributed by atoms with Crippen LogP contribution in [0.15, 0.2) is 81.2 Å². The van der Waals surface area contributed by atoms with Gasteiger partial charge in [0.05, 0.1) is 19.6 Å². The smallest absolute Gasteiger partial charge is 0.282 e. The summed E-state index contributed by atoms with van der Waals surface area (Å²) in [5.41, 5.74) is 4.36. The van der Waals surface area contributed by atoms with Crippen molar-refractivity contribution in [3.63, 3.8) is 0 Å². The van der Waals surface area contributed by atoms with E-state index in [9.17, 15) is 19.7 Å². The van der Waals surface area contributed by atoms with Crippen LogP contribution in [0.2, 0.25) is 0 Å². The summed E-state index contributed by atoms with van der Waals surface area (Å²) in [7, 11) is 0. The van der Waals surface area contributed by atoms with E-state index in [4.69, 9.17) is 4.74 Å². The van der Waals surface area contributed by atoms with Crippen LogP contribution in [-0.4, -0.2) is 16.7 Å². The maximum Gasteiger partial charge on any atom is 0.282 e. The van der Waals surface area contributed by atoms with E-state index in [1.165, 1.54) is 23.2 Å². The maximum absolute atomic E-state index is 12.8. The third-order valence-electron chi connectivity index (χ3n) is 4.74. The van der Waals surface area contributed by atoms with Crippen LogP contribution in [0.25, 0.3) is 6.08 Å². The third kappa shape index (κ3) is 4.96. The van der Waals surface area contributed by atoms with Crippen molar-refractivity contribution >= 4 is 61.1 Å². The lowest BCUT2D eigenvalue weighted by atomic mass is 10.1. The number of non-ortho nitro benzene ring substituents is 1. The van der Waals surface area contributed by atoms with Crippen molar-refractivity contribution in [3.8, 4) is 5.75 Å².